The van der Waals surface area contributed by atoms with Crippen molar-refractivity contribution in [3.63, 3.8) is 0 Å². The zero-order chi connectivity index (χ0) is 9.54. The maximum Gasteiger partial charge on any atom is 0.181 e. The minimum atomic E-state index is 0.848. The van der Waals surface area contributed by atoms with Crippen LogP contribution in [0.25, 0.3) is 5.65 Å². The molecule has 0 atom stereocenters. The van der Waals surface area contributed by atoms with E-state index in [1.807, 2.05) is 17.6 Å². The van der Waals surface area contributed by atoms with Gasteiger partial charge in [0.15, 0.2) is 11.5 Å². The van der Waals surface area contributed by atoms with Gasteiger partial charge in [-0.2, -0.15) is 9.61 Å². The van der Waals surface area contributed by atoms with E-state index in [-0.39, 0.29) is 0 Å². The van der Waals surface area contributed by atoms with Gasteiger partial charge in [0.05, 0.1) is 6.20 Å². The predicted octanol–water partition coefficient (Wildman–Crippen LogP) is 0.0784. The second-order valence-electron chi connectivity index (χ2n) is 3.56. The van der Waals surface area contributed by atoms with Gasteiger partial charge in [-0.15, -0.1) is 10.2 Å². The molecule has 0 aromatic carbocycles. The standard InChI is InChI=1S/C9H11N5/c1-6-12-13-9-8-2-3-10-4-7(8)5-11-14(6)9/h5,10H,2-4H2,1H3. The molecule has 2 aromatic heterocycles. The lowest BCUT2D eigenvalue weighted by Gasteiger charge is -2.16. The smallest absolute Gasteiger partial charge is 0.181 e. The summed E-state index contributed by atoms with van der Waals surface area (Å²) in [5, 5.41) is 15.8. The number of nitrogens with one attached hydrogen (secondary N) is 1. The van der Waals surface area contributed by atoms with Crippen molar-refractivity contribution < 1.29 is 0 Å². The molecule has 1 aliphatic heterocycles. The molecule has 3 rings (SSSR count). The maximum absolute atomic E-state index is 4.31. The lowest BCUT2D eigenvalue weighted by molar-refractivity contribution is 0.635. The van der Waals surface area contributed by atoms with Crippen LogP contribution in [-0.4, -0.2) is 26.4 Å². The first-order valence-electron chi connectivity index (χ1n) is 4.76. The van der Waals surface area contributed by atoms with Gasteiger partial charge in [0.25, 0.3) is 0 Å². The maximum atomic E-state index is 4.31. The summed E-state index contributed by atoms with van der Waals surface area (Å²) in [6.45, 7) is 3.82. The van der Waals surface area contributed by atoms with Crippen molar-refractivity contribution in [2.24, 2.45) is 0 Å². The number of hydrogen-bond donors (Lipinski definition) is 1. The average molecular weight is 189 g/mol. The molecule has 0 saturated carbocycles. The molecule has 0 radical (unpaired) electrons. The van der Waals surface area contributed by atoms with Crippen LogP contribution < -0.4 is 5.32 Å². The number of hydrogen-bond acceptors (Lipinski definition) is 4. The Bertz CT molecular complexity index is 487. The fourth-order valence-corrected chi connectivity index (χ4v) is 1.89. The van der Waals surface area contributed by atoms with Gasteiger partial charge in [0.1, 0.15) is 0 Å². The lowest BCUT2D eigenvalue weighted by Crippen LogP contribution is -2.24. The first kappa shape index (κ1) is 7.87. The van der Waals surface area contributed by atoms with Crippen molar-refractivity contribution in [3.8, 4) is 0 Å². The number of fused-ring (bicyclic) bond motifs is 3. The Hall–Kier alpha value is -1.49. The van der Waals surface area contributed by atoms with Crippen molar-refractivity contribution in [2.75, 3.05) is 6.54 Å². The Morgan fingerprint density at radius 1 is 1.43 bits per heavy atom. The number of aryl methyl sites for hydroxylation is 1. The summed E-state index contributed by atoms with van der Waals surface area (Å²) in [6, 6.07) is 0. The van der Waals surface area contributed by atoms with Gasteiger partial charge in [-0.25, -0.2) is 0 Å². The molecule has 0 bridgehead atoms. The van der Waals surface area contributed by atoms with Crippen LogP contribution >= 0.6 is 0 Å². The molecule has 1 N–H and O–H groups in total. The molecule has 0 saturated heterocycles. The van der Waals surface area contributed by atoms with Gasteiger partial charge in [-0.05, 0) is 25.5 Å². The Kier molecular flexibility index (Phi) is 1.55. The molecule has 0 aliphatic carbocycles. The van der Waals surface area contributed by atoms with Crippen LogP contribution in [0.3, 0.4) is 0 Å². The Labute approximate surface area is 81.1 Å². The normalized spacial score (nSPS) is 15.8. The summed E-state index contributed by atoms with van der Waals surface area (Å²) in [5.74, 6) is 0.848. The third-order valence-electron chi connectivity index (χ3n) is 2.65. The molecule has 0 fully saturated rings. The van der Waals surface area contributed by atoms with E-state index in [0.717, 1.165) is 31.0 Å². The molecular formula is C9H11N5. The third kappa shape index (κ3) is 0.957. The molecule has 2 aromatic rings. The first-order chi connectivity index (χ1) is 6.86. The average Bonchev–Trinajstić information content (AvgIpc) is 2.61. The van der Waals surface area contributed by atoms with Crippen LogP contribution in [0, 0.1) is 6.92 Å². The van der Waals surface area contributed by atoms with Gasteiger partial charge < -0.3 is 5.32 Å². The number of rotatable bonds is 0. The fraction of sp³-hybridized carbons (Fsp3) is 0.444. The minimum absolute atomic E-state index is 0.848. The molecule has 5 nitrogen and oxygen atoms in total. The molecule has 1 aliphatic rings. The quantitative estimate of drug-likeness (QED) is 0.637. The largest absolute Gasteiger partial charge is 0.312 e. The predicted molar refractivity (Wildman–Crippen MR) is 50.9 cm³/mol. The summed E-state index contributed by atoms with van der Waals surface area (Å²) in [6.07, 6.45) is 2.92. The van der Waals surface area contributed by atoms with E-state index in [9.17, 15) is 0 Å². The zero-order valence-electron chi connectivity index (χ0n) is 7.99. The van der Waals surface area contributed by atoms with Crippen LogP contribution in [0.5, 0.6) is 0 Å². The van der Waals surface area contributed by atoms with E-state index in [0.29, 0.717) is 0 Å². The molecule has 3 heterocycles. The Balaban J connectivity index is 2.35. The van der Waals surface area contributed by atoms with Crippen LogP contribution in [0.4, 0.5) is 0 Å². The van der Waals surface area contributed by atoms with Gasteiger partial charge in [-0.3, -0.25) is 0 Å². The molecule has 5 heteroatoms. The summed E-state index contributed by atoms with van der Waals surface area (Å²) < 4.78 is 1.81. The van der Waals surface area contributed by atoms with Crippen molar-refractivity contribution in [1.29, 1.82) is 0 Å². The van der Waals surface area contributed by atoms with Crippen molar-refractivity contribution in [2.45, 2.75) is 19.9 Å². The highest BCUT2D eigenvalue weighted by atomic mass is 15.4. The van der Waals surface area contributed by atoms with Crippen molar-refractivity contribution in [3.05, 3.63) is 23.1 Å². The van der Waals surface area contributed by atoms with E-state index in [1.165, 1.54) is 11.1 Å². The van der Waals surface area contributed by atoms with Crippen LogP contribution in [0.1, 0.15) is 17.0 Å². The second-order valence-corrected chi connectivity index (χ2v) is 3.56. The van der Waals surface area contributed by atoms with E-state index in [2.05, 4.69) is 20.6 Å². The second kappa shape index (κ2) is 2.75. The van der Waals surface area contributed by atoms with E-state index in [1.54, 1.807) is 0 Å². The van der Waals surface area contributed by atoms with Gasteiger partial charge in [0, 0.05) is 12.1 Å². The highest BCUT2D eigenvalue weighted by Crippen LogP contribution is 2.16. The summed E-state index contributed by atoms with van der Waals surface area (Å²) in [7, 11) is 0. The Morgan fingerprint density at radius 3 is 3.29 bits per heavy atom. The van der Waals surface area contributed by atoms with Crippen molar-refractivity contribution in [1.82, 2.24) is 25.1 Å². The first-order valence-corrected chi connectivity index (χ1v) is 4.76. The van der Waals surface area contributed by atoms with E-state index >= 15 is 0 Å². The van der Waals surface area contributed by atoms with E-state index < -0.39 is 0 Å². The lowest BCUT2D eigenvalue weighted by atomic mass is 10.1. The number of nitrogens with zero attached hydrogens (tertiary/aromatic N) is 4. The highest BCUT2D eigenvalue weighted by molar-refractivity contribution is 5.50. The van der Waals surface area contributed by atoms with E-state index in [4.69, 9.17) is 0 Å². The molecular weight excluding hydrogens is 178 g/mol. The van der Waals surface area contributed by atoms with Crippen molar-refractivity contribution >= 4 is 5.65 Å². The third-order valence-corrected chi connectivity index (χ3v) is 2.65. The van der Waals surface area contributed by atoms with Crippen LogP contribution in [-0.2, 0) is 13.0 Å². The van der Waals surface area contributed by atoms with Gasteiger partial charge in [-0.1, -0.05) is 0 Å². The monoisotopic (exact) mass is 189 g/mol. The van der Waals surface area contributed by atoms with Gasteiger partial charge in [0.2, 0.25) is 0 Å². The molecule has 0 spiro atoms. The Morgan fingerprint density at radius 2 is 2.36 bits per heavy atom. The SMILES string of the molecule is Cc1nnc2c3c(cnn12)CNCC3. The fourth-order valence-electron chi connectivity index (χ4n) is 1.89. The highest BCUT2D eigenvalue weighted by Gasteiger charge is 2.15. The topological polar surface area (TPSA) is 55.1 Å². The zero-order valence-corrected chi connectivity index (χ0v) is 7.99. The van der Waals surface area contributed by atoms with Gasteiger partial charge >= 0.3 is 0 Å². The summed E-state index contributed by atoms with van der Waals surface area (Å²) in [4.78, 5) is 0. The van der Waals surface area contributed by atoms with Crippen LogP contribution in [0.2, 0.25) is 0 Å². The molecule has 0 unspecified atom stereocenters. The number of aromatic nitrogens is 4. The summed E-state index contributed by atoms with van der Waals surface area (Å²) >= 11 is 0. The minimum Gasteiger partial charge on any atom is -0.312 e. The van der Waals surface area contributed by atoms with Crippen LogP contribution in [0.15, 0.2) is 6.20 Å². The summed E-state index contributed by atoms with van der Waals surface area (Å²) in [5.41, 5.74) is 3.46. The molecule has 14 heavy (non-hydrogen) atoms. The molecule has 72 valence electrons. The molecule has 0 amide bonds.